The maximum absolute atomic E-state index is 12.3. The molecule has 0 saturated heterocycles. The molecule has 0 aromatic heterocycles. The lowest BCUT2D eigenvalue weighted by Crippen LogP contribution is -2.14. The van der Waals surface area contributed by atoms with E-state index in [4.69, 9.17) is 44.6 Å². The second kappa shape index (κ2) is 7.70. The molecular weight excluding hydrogens is 415 g/mol. The Hall–Kier alpha value is -1.67. The normalized spacial score (nSPS) is 11.3. The lowest BCUT2D eigenvalue weighted by Gasteiger charge is -2.10. The Morgan fingerprint density at radius 2 is 1.68 bits per heavy atom. The van der Waals surface area contributed by atoms with Crippen molar-refractivity contribution >= 4 is 50.6 Å². The van der Waals surface area contributed by atoms with Gasteiger partial charge in [-0.1, -0.05) is 34.8 Å². The number of hydrogen-bond acceptors (Lipinski definition) is 5. The SMILES string of the molecule is O=C(O)c1ccc(OCCS(=O)(=O)c2cc(Cl)c(Cl)c(Cl)c2)cc1O. The van der Waals surface area contributed by atoms with E-state index in [1.807, 2.05) is 0 Å². The maximum Gasteiger partial charge on any atom is 0.339 e. The van der Waals surface area contributed by atoms with Gasteiger partial charge in [0.15, 0.2) is 9.84 Å². The Kier molecular flexibility index (Phi) is 6.05. The minimum absolute atomic E-state index is 0.0165. The van der Waals surface area contributed by atoms with Crippen LogP contribution in [0.1, 0.15) is 10.4 Å². The molecule has 0 bridgehead atoms. The van der Waals surface area contributed by atoms with Gasteiger partial charge in [0.2, 0.25) is 0 Å². The Morgan fingerprint density at radius 3 is 2.20 bits per heavy atom. The molecule has 134 valence electrons. The number of hydrogen-bond donors (Lipinski definition) is 2. The summed E-state index contributed by atoms with van der Waals surface area (Å²) in [6, 6.07) is 5.94. The number of carboxylic acids is 1. The first-order valence-electron chi connectivity index (χ1n) is 6.68. The van der Waals surface area contributed by atoms with E-state index in [1.165, 1.54) is 18.2 Å². The monoisotopic (exact) mass is 424 g/mol. The highest BCUT2D eigenvalue weighted by Gasteiger charge is 2.18. The molecule has 2 aromatic carbocycles. The van der Waals surface area contributed by atoms with Gasteiger partial charge in [-0.15, -0.1) is 0 Å². The van der Waals surface area contributed by atoms with E-state index in [1.54, 1.807) is 0 Å². The van der Waals surface area contributed by atoms with E-state index in [9.17, 15) is 18.3 Å². The molecule has 0 radical (unpaired) electrons. The van der Waals surface area contributed by atoms with Gasteiger partial charge in [0.1, 0.15) is 23.7 Å². The molecule has 0 spiro atoms. The Bertz CT molecular complexity index is 904. The van der Waals surface area contributed by atoms with Crippen LogP contribution >= 0.6 is 34.8 Å². The zero-order valence-corrected chi connectivity index (χ0v) is 15.5. The van der Waals surface area contributed by atoms with Crippen molar-refractivity contribution in [1.29, 1.82) is 0 Å². The first-order valence-corrected chi connectivity index (χ1v) is 9.47. The number of carbonyl (C=O) groups is 1. The molecular formula is C15H11Cl3O6S. The number of ether oxygens (including phenoxy) is 1. The fourth-order valence-electron chi connectivity index (χ4n) is 1.88. The highest BCUT2D eigenvalue weighted by molar-refractivity contribution is 7.91. The van der Waals surface area contributed by atoms with Gasteiger partial charge in [0, 0.05) is 6.07 Å². The van der Waals surface area contributed by atoms with Gasteiger partial charge in [-0.25, -0.2) is 13.2 Å². The molecule has 10 heteroatoms. The highest BCUT2D eigenvalue weighted by Crippen LogP contribution is 2.33. The van der Waals surface area contributed by atoms with Crippen LogP contribution in [0.4, 0.5) is 0 Å². The van der Waals surface area contributed by atoms with E-state index >= 15 is 0 Å². The quantitative estimate of drug-likeness (QED) is 0.681. The van der Waals surface area contributed by atoms with Crippen LogP contribution in [-0.4, -0.2) is 37.0 Å². The van der Waals surface area contributed by atoms with Gasteiger partial charge in [-0.2, -0.15) is 0 Å². The molecule has 2 N–H and O–H groups in total. The van der Waals surface area contributed by atoms with Crippen molar-refractivity contribution in [3.05, 3.63) is 51.0 Å². The summed E-state index contributed by atoms with van der Waals surface area (Å²) >= 11 is 17.4. The third kappa shape index (κ3) is 4.70. The fourth-order valence-corrected chi connectivity index (χ4v) is 3.74. The highest BCUT2D eigenvalue weighted by atomic mass is 35.5. The van der Waals surface area contributed by atoms with Gasteiger partial charge in [0.25, 0.3) is 0 Å². The summed E-state index contributed by atoms with van der Waals surface area (Å²) < 4.78 is 29.8. The molecule has 0 unspecified atom stereocenters. The number of carboxylic acid groups (broad SMARTS) is 1. The van der Waals surface area contributed by atoms with Gasteiger partial charge in [-0.05, 0) is 24.3 Å². The zero-order chi connectivity index (χ0) is 18.8. The first-order chi connectivity index (χ1) is 11.6. The fraction of sp³-hybridized carbons (Fsp3) is 0.133. The minimum Gasteiger partial charge on any atom is -0.507 e. The summed E-state index contributed by atoms with van der Waals surface area (Å²) in [4.78, 5) is 10.7. The number of rotatable bonds is 6. The first kappa shape index (κ1) is 19.7. The summed E-state index contributed by atoms with van der Waals surface area (Å²) in [5.74, 6) is -2.03. The van der Waals surface area contributed by atoms with Crippen molar-refractivity contribution in [3.63, 3.8) is 0 Å². The van der Waals surface area contributed by atoms with E-state index in [2.05, 4.69) is 0 Å². The number of aromatic hydroxyl groups is 1. The number of sulfone groups is 1. The summed E-state index contributed by atoms with van der Waals surface area (Å²) in [6.45, 7) is -0.230. The van der Waals surface area contributed by atoms with Crippen LogP contribution in [0.25, 0.3) is 0 Å². The van der Waals surface area contributed by atoms with E-state index in [0.717, 1.165) is 12.1 Å². The predicted octanol–water partition coefficient (Wildman–Crippen LogP) is 3.90. The maximum atomic E-state index is 12.3. The second-order valence-corrected chi connectivity index (χ2v) is 8.15. The summed E-state index contributed by atoms with van der Waals surface area (Å²) in [5, 5.41) is 18.5. The molecule has 6 nitrogen and oxygen atoms in total. The number of benzene rings is 2. The average molecular weight is 426 g/mol. The molecule has 2 aromatic rings. The summed E-state index contributed by atoms with van der Waals surface area (Å²) in [5.41, 5.74) is -0.287. The second-order valence-electron chi connectivity index (χ2n) is 4.85. The Morgan fingerprint density at radius 1 is 1.08 bits per heavy atom. The number of aromatic carboxylic acids is 1. The molecule has 0 fully saturated rings. The third-order valence-electron chi connectivity index (χ3n) is 3.14. The van der Waals surface area contributed by atoms with Crippen LogP contribution < -0.4 is 4.74 Å². The number of halogens is 3. The molecule has 0 atom stereocenters. The van der Waals surface area contributed by atoms with Crippen molar-refractivity contribution in [3.8, 4) is 11.5 Å². The standard InChI is InChI=1S/C15H11Cl3O6S/c16-11-6-9(7-12(17)14(11)18)25(22,23)4-3-24-8-1-2-10(15(20)21)13(19)5-8/h1-2,5-7,19H,3-4H2,(H,20,21). The zero-order valence-electron chi connectivity index (χ0n) is 12.4. The van der Waals surface area contributed by atoms with Gasteiger partial charge < -0.3 is 14.9 Å². The van der Waals surface area contributed by atoms with Crippen LogP contribution in [0.3, 0.4) is 0 Å². The van der Waals surface area contributed by atoms with Crippen LogP contribution in [0, 0.1) is 0 Å². The van der Waals surface area contributed by atoms with Crippen molar-refractivity contribution in [1.82, 2.24) is 0 Å². The molecule has 0 aliphatic carbocycles. The number of phenols is 1. The van der Waals surface area contributed by atoms with Crippen molar-refractivity contribution < 1.29 is 28.2 Å². The topological polar surface area (TPSA) is 101 Å². The average Bonchev–Trinajstić information content (AvgIpc) is 2.51. The lowest BCUT2D eigenvalue weighted by molar-refractivity contribution is 0.0693. The summed E-state index contributed by atoms with van der Waals surface area (Å²) in [6.07, 6.45) is 0. The van der Waals surface area contributed by atoms with Crippen molar-refractivity contribution in [2.75, 3.05) is 12.4 Å². The third-order valence-corrected chi connectivity index (χ3v) is 5.99. The summed E-state index contributed by atoms with van der Waals surface area (Å²) in [7, 11) is -3.73. The van der Waals surface area contributed by atoms with Crippen molar-refractivity contribution in [2.45, 2.75) is 4.90 Å². The molecule has 0 saturated carbocycles. The largest absolute Gasteiger partial charge is 0.507 e. The van der Waals surface area contributed by atoms with E-state index in [0.29, 0.717) is 0 Å². The Labute approximate surface area is 158 Å². The minimum atomic E-state index is -3.73. The van der Waals surface area contributed by atoms with Gasteiger partial charge in [-0.3, -0.25) is 0 Å². The molecule has 0 aliphatic heterocycles. The van der Waals surface area contributed by atoms with Gasteiger partial charge in [0.05, 0.1) is 25.7 Å². The molecule has 25 heavy (non-hydrogen) atoms. The van der Waals surface area contributed by atoms with Crippen LogP contribution in [-0.2, 0) is 9.84 Å². The van der Waals surface area contributed by atoms with E-state index in [-0.39, 0.29) is 43.6 Å². The molecule has 0 aliphatic rings. The predicted molar refractivity (Wildman–Crippen MR) is 94.1 cm³/mol. The Balaban J connectivity index is 2.08. The van der Waals surface area contributed by atoms with E-state index < -0.39 is 21.6 Å². The van der Waals surface area contributed by atoms with Crippen LogP contribution in [0.5, 0.6) is 11.5 Å². The van der Waals surface area contributed by atoms with Crippen LogP contribution in [0.2, 0.25) is 15.1 Å². The van der Waals surface area contributed by atoms with Crippen molar-refractivity contribution in [2.24, 2.45) is 0 Å². The van der Waals surface area contributed by atoms with Gasteiger partial charge >= 0.3 is 5.97 Å². The molecule has 0 amide bonds. The van der Waals surface area contributed by atoms with Crippen LogP contribution in [0.15, 0.2) is 35.2 Å². The smallest absolute Gasteiger partial charge is 0.339 e. The molecule has 0 heterocycles. The lowest BCUT2D eigenvalue weighted by atomic mass is 10.2. The molecule has 2 rings (SSSR count).